The first kappa shape index (κ1) is 14.5. The van der Waals surface area contributed by atoms with Crippen molar-refractivity contribution < 1.29 is 23.4 Å². The Labute approximate surface area is 122 Å². The SMILES string of the molecule is CC1C(=O)Nc2ccc(S(=O)(=O)N3CC(O)C(O)C3)cc21. The van der Waals surface area contributed by atoms with Crippen molar-refractivity contribution in [3.8, 4) is 0 Å². The van der Waals surface area contributed by atoms with Crippen LogP contribution in [0, 0.1) is 0 Å². The van der Waals surface area contributed by atoms with Crippen LogP contribution in [0.25, 0.3) is 0 Å². The van der Waals surface area contributed by atoms with Gasteiger partial charge in [0.15, 0.2) is 0 Å². The van der Waals surface area contributed by atoms with E-state index in [1.807, 2.05) is 0 Å². The molecule has 3 unspecified atom stereocenters. The zero-order valence-corrected chi connectivity index (χ0v) is 12.2. The molecule has 1 saturated heterocycles. The Hall–Kier alpha value is -1.48. The summed E-state index contributed by atoms with van der Waals surface area (Å²) >= 11 is 0. The number of aliphatic hydroxyl groups excluding tert-OH is 2. The molecule has 0 spiro atoms. The number of fused-ring (bicyclic) bond motifs is 1. The van der Waals surface area contributed by atoms with E-state index in [1.165, 1.54) is 12.1 Å². The molecule has 1 aromatic carbocycles. The fourth-order valence-electron chi connectivity index (χ4n) is 2.64. The standard InChI is InChI=1S/C13H16N2O5S/c1-7-9-4-8(2-3-10(9)14-13(7)18)21(19,20)15-5-11(16)12(17)6-15/h2-4,7,11-12,16-17H,5-6H2,1H3,(H,14,18). The van der Waals surface area contributed by atoms with Crippen LogP contribution in [-0.2, 0) is 14.8 Å². The van der Waals surface area contributed by atoms with Crippen molar-refractivity contribution in [1.82, 2.24) is 4.31 Å². The molecule has 3 N–H and O–H groups in total. The smallest absolute Gasteiger partial charge is 0.243 e. The molecular weight excluding hydrogens is 296 g/mol. The summed E-state index contributed by atoms with van der Waals surface area (Å²) in [6, 6.07) is 4.46. The van der Waals surface area contributed by atoms with Gasteiger partial charge >= 0.3 is 0 Å². The maximum absolute atomic E-state index is 12.5. The highest BCUT2D eigenvalue weighted by molar-refractivity contribution is 7.89. The van der Waals surface area contributed by atoms with Crippen molar-refractivity contribution in [3.05, 3.63) is 23.8 Å². The monoisotopic (exact) mass is 312 g/mol. The van der Waals surface area contributed by atoms with E-state index >= 15 is 0 Å². The van der Waals surface area contributed by atoms with Crippen molar-refractivity contribution in [2.45, 2.75) is 29.9 Å². The van der Waals surface area contributed by atoms with Crippen molar-refractivity contribution in [2.24, 2.45) is 0 Å². The molecule has 114 valence electrons. The Balaban J connectivity index is 1.96. The summed E-state index contributed by atoms with van der Waals surface area (Å²) in [5.41, 5.74) is 1.26. The van der Waals surface area contributed by atoms with Gasteiger partial charge in [0.2, 0.25) is 15.9 Å². The van der Waals surface area contributed by atoms with Gasteiger partial charge in [-0.05, 0) is 30.7 Å². The third kappa shape index (κ3) is 2.24. The number of amides is 1. The molecule has 21 heavy (non-hydrogen) atoms. The topological polar surface area (TPSA) is 107 Å². The lowest BCUT2D eigenvalue weighted by molar-refractivity contribution is -0.116. The Bertz CT molecular complexity index is 693. The van der Waals surface area contributed by atoms with Crippen LogP contribution < -0.4 is 5.32 Å². The minimum Gasteiger partial charge on any atom is -0.389 e. The maximum Gasteiger partial charge on any atom is 0.243 e. The van der Waals surface area contributed by atoms with E-state index in [4.69, 9.17) is 0 Å². The first-order chi connectivity index (χ1) is 9.80. The Kier molecular flexibility index (Phi) is 3.28. The van der Waals surface area contributed by atoms with Gasteiger partial charge in [-0.25, -0.2) is 8.42 Å². The van der Waals surface area contributed by atoms with E-state index in [-0.39, 0.29) is 23.9 Å². The number of nitrogens with one attached hydrogen (secondary N) is 1. The molecule has 7 nitrogen and oxygen atoms in total. The van der Waals surface area contributed by atoms with Gasteiger partial charge in [-0.3, -0.25) is 4.79 Å². The Morgan fingerprint density at radius 3 is 2.48 bits per heavy atom. The van der Waals surface area contributed by atoms with Gasteiger partial charge in [0, 0.05) is 18.8 Å². The second-order valence-corrected chi connectivity index (χ2v) is 7.35. The van der Waals surface area contributed by atoms with Crippen LogP contribution >= 0.6 is 0 Å². The molecule has 2 aliphatic rings. The normalized spacial score (nSPS) is 29.5. The highest BCUT2D eigenvalue weighted by Gasteiger charge is 2.38. The summed E-state index contributed by atoms with van der Waals surface area (Å²) in [5, 5.41) is 21.7. The molecule has 0 aromatic heterocycles. The summed E-state index contributed by atoms with van der Waals surface area (Å²) in [5.74, 6) is -0.559. The second kappa shape index (κ2) is 4.77. The van der Waals surface area contributed by atoms with Crippen LogP contribution in [0.3, 0.4) is 0 Å². The van der Waals surface area contributed by atoms with Gasteiger partial charge in [0.25, 0.3) is 0 Å². The van der Waals surface area contributed by atoms with Gasteiger partial charge in [-0.1, -0.05) is 0 Å². The van der Waals surface area contributed by atoms with E-state index in [2.05, 4.69) is 5.32 Å². The van der Waals surface area contributed by atoms with Crippen molar-refractivity contribution in [2.75, 3.05) is 18.4 Å². The second-order valence-electron chi connectivity index (χ2n) is 5.42. The highest BCUT2D eigenvalue weighted by Crippen LogP contribution is 2.34. The highest BCUT2D eigenvalue weighted by atomic mass is 32.2. The molecule has 2 aliphatic heterocycles. The number of anilines is 1. The van der Waals surface area contributed by atoms with E-state index in [0.29, 0.717) is 11.3 Å². The number of sulfonamides is 1. The number of hydrogen-bond donors (Lipinski definition) is 3. The largest absolute Gasteiger partial charge is 0.389 e. The molecule has 0 aliphatic carbocycles. The van der Waals surface area contributed by atoms with Crippen LogP contribution in [0.2, 0.25) is 0 Å². The molecule has 3 rings (SSSR count). The molecule has 1 amide bonds. The molecule has 0 bridgehead atoms. The molecular formula is C13H16N2O5S. The minimum atomic E-state index is -3.79. The number of nitrogens with zero attached hydrogens (tertiary/aromatic N) is 1. The summed E-state index contributed by atoms with van der Waals surface area (Å²) in [6.45, 7) is 1.45. The number of rotatable bonds is 2. The Morgan fingerprint density at radius 1 is 1.24 bits per heavy atom. The number of β-amino-alcohol motifs (C(OH)–C–C–N with tert-alkyl or cyclic N) is 2. The van der Waals surface area contributed by atoms with Crippen LogP contribution in [-0.4, -0.2) is 54.1 Å². The zero-order chi connectivity index (χ0) is 15.4. The average Bonchev–Trinajstić information content (AvgIpc) is 2.92. The molecule has 0 radical (unpaired) electrons. The summed E-state index contributed by atoms with van der Waals surface area (Å²) in [7, 11) is -3.79. The average molecular weight is 312 g/mol. The molecule has 1 aromatic rings. The summed E-state index contributed by atoms with van der Waals surface area (Å²) < 4.78 is 26.1. The third-order valence-corrected chi connectivity index (χ3v) is 5.83. The fraction of sp³-hybridized carbons (Fsp3) is 0.462. The number of benzene rings is 1. The zero-order valence-electron chi connectivity index (χ0n) is 11.4. The number of carbonyl (C=O) groups is 1. The predicted molar refractivity (Wildman–Crippen MR) is 74.3 cm³/mol. The van der Waals surface area contributed by atoms with Crippen molar-refractivity contribution >= 4 is 21.6 Å². The van der Waals surface area contributed by atoms with E-state index in [9.17, 15) is 23.4 Å². The van der Waals surface area contributed by atoms with Gasteiger partial charge in [0.05, 0.1) is 23.0 Å². The number of aliphatic hydroxyl groups is 2. The van der Waals surface area contributed by atoms with E-state index in [0.717, 1.165) is 4.31 Å². The maximum atomic E-state index is 12.5. The summed E-state index contributed by atoms with van der Waals surface area (Å²) in [4.78, 5) is 11.7. The van der Waals surface area contributed by atoms with E-state index in [1.54, 1.807) is 13.0 Å². The van der Waals surface area contributed by atoms with Crippen molar-refractivity contribution in [3.63, 3.8) is 0 Å². The summed E-state index contributed by atoms with van der Waals surface area (Å²) in [6.07, 6.45) is -2.15. The lowest BCUT2D eigenvalue weighted by atomic mass is 10.0. The van der Waals surface area contributed by atoms with Gasteiger partial charge < -0.3 is 15.5 Å². The van der Waals surface area contributed by atoms with Gasteiger partial charge in [-0.2, -0.15) is 4.31 Å². The molecule has 1 fully saturated rings. The third-order valence-electron chi connectivity index (χ3n) is 4.00. The number of carbonyl (C=O) groups excluding carboxylic acids is 1. The molecule has 2 heterocycles. The minimum absolute atomic E-state index is 0.0610. The fourth-order valence-corrected chi connectivity index (χ4v) is 4.15. The van der Waals surface area contributed by atoms with Crippen LogP contribution in [0.5, 0.6) is 0 Å². The van der Waals surface area contributed by atoms with Crippen LogP contribution in [0.1, 0.15) is 18.4 Å². The first-order valence-corrected chi connectivity index (χ1v) is 8.06. The van der Waals surface area contributed by atoms with Gasteiger partial charge in [0.1, 0.15) is 0 Å². The predicted octanol–water partition coefficient (Wildman–Crippen LogP) is -0.532. The van der Waals surface area contributed by atoms with Crippen LogP contribution in [0.4, 0.5) is 5.69 Å². The lowest BCUT2D eigenvalue weighted by Crippen LogP contribution is -2.30. The van der Waals surface area contributed by atoms with Crippen molar-refractivity contribution in [1.29, 1.82) is 0 Å². The van der Waals surface area contributed by atoms with Gasteiger partial charge in [-0.15, -0.1) is 0 Å². The number of hydrogen-bond acceptors (Lipinski definition) is 5. The molecule has 8 heteroatoms. The van der Waals surface area contributed by atoms with E-state index < -0.39 is 28.1 Å². The lowest BCUT2D eigenvalue weighted by Gasteiger charge is -2.16. The van der Waals surface area contributed by atoms with Crippen LogP contribution in [0.15, 0.2) is 23.1 Å². The quantitative estimate of drug-likeness (QED) is 0.680. The first-order valence-electron chi connectivity index (χ1n) is 6.62. The molecule has 3 atom stereocenters. The Morgan fingerprint density at radius 2 is 1.86 bits per heavy atom. The molecule has 0 saturated carbocycles.